The van der Waals surface area contributed by atoms with Gasteiger partial charge in [0.15, 0.2) is 0 Å². The zero-order chi connectivity index (χ0) is 13.6. The first kappa shape index (κ1) is 12.0. The second-order valence-corrected chi connectivity index (χ2v) is 5.01. The number of amides is 2. The maximum atomic E-state index is 11.9. The number of fused-ring (bicyclic) bond motifs is 1. The van der Waals surface area contributed by atoms with Crippen molar-refractivity contribution in [3.05, 3.63) is 23.8 Å². The standard InChI is InChI=1S/C14H16N2O3/c1-2-19-12-4-3-9(15)5-8(12)7-16-13(17)10-6-11(10)14(16)18/h3-5,10-11H,2,6-7,15H2,1H3. The SMILES string of the molecule is CCOc1ccc(N)cc1CN1C(=O)C2CC2C1=O. The number of imide groups is 1. The molecular weight excluding hydrogens is 244 g/mol. The summed E-state index contributed by atoms with van der Waals surface area (Å²) in [7, 11) is 0. The van der Waals surface area contributed by atoms with Gasteiger partial charge < -0.3 is 10.5 Å². The minimum Gasteiger partial charge on any atom is -0.494 e. The number of hydrogen-bond acceptors (Lipinski definition) is 4. The van der Waals surface area contributed by atoms with Gasteiger partial charge in [0.2, 0.25) is 11.8 Å². The summed E-state index contributed by atoms with van der Waals surface area (Å²) in [4.78, 5) is 25.2. The summed E-state index contributed by atoms with van der Waals surface area (Å²) in [6.45, 7) is 2.68. The molecular formula is C14H16N2O3. The summed E-state index contributed by atoms with van der Waals surface area (Å²) in [5, 5.41) is 0. The topological polar surface area (TPSA) is 72.6 Å². The monoisotopic (exact) mass is 260 g/mol. The van der Waals surface area contributed by atoms with E-state index in [4.69, 9.17) is 10.5 Å². The first-order chi connectivity index (χ1) is 9.11. The lowest BCUT2D eigenvalue weighted by Gasteiger charge is -2.19. The number of piperidine rings is 1. The fraction of sp³-hybridized carbons (Fsp3) is 0.429. The molecule has 1 saturated carbocycles. The molecule has 1 aliphatic heterocycles. The molecule has 2 fully saturated rings. The summed E-state index contributed by atoms with van der Waals surface area (Å²) in [5.74, 6) is 0.436. The number of nitrogens with zero attached hydrogens (tertiary/aromatic N) is 1. The molecule has 2 atom stereocenters. The molecule has 0 radical (unpaired) electrons. The van der Waals surface area contributed by atoms with Gasteiger partial charge in [0.25, 0.3) is 0 Å². The van der Waals surface area contributed by atoms with E-state index in [9.17, 15) is 9.59 Å². The quantitative estimate of drug-likeness (QED) is 0.651. The molecule has 0 spiro atoms. The number of rotatable bonds is 4. The normalized spacial score (nSPS) is 24.6. The number of likely N-dealkylation sites (tertiary alicyclic amines) is 1. The van der Waals surface area contributed by atoms with Crippen LogP contribution in [0.3, 0.4) is 0 Å². The maximum Gasteiger partial charge on any atom is 0.233 e. The molecule has 19 heavy (non-hydrogen) atoms. The number of anilines is 1. The van der Waals surface area contributed by atoms with Crippen molar-refractivity contribution in [1.29, 1.82) is 0 Å². The maximum absolute atomic E-state index is 11.9. The molecule has 2 amide bonds. The second-order valence-electron chi connectivity index (χ2n) is 5.01. The van der Waals surface area contributed by atoms with E-state index in [2.05, 4.69) is 0 Å². The average molecular weight is 260 g/mol. The van der Waals surface area contributed by atoms with Gasteiger partial charge in [0.05, 0.1) is 25.0 Å². The molecule has 3 rings (SSSR count). The van der Waals surface area contributed by atoms with Crippen LogP contribution in [0.1, 0.15) is 18.9 Å². The van der Waals surface area contributed by atoms with Crippen molar-refractivity contribution >= 4 is 17.5 Å². The van der Waals surface area contributed by atoms with E-state index in [1.54, 1.807) is 18.2 Å². The number of carbonyl (C=O) groups excluding carboxylic acids is 2. The lowest BCUT2D eigenvalue weighted by atomic mass is 10.1. The highest BCUT2D eigenvalue weighted by atomic mass is 16.5. The van der Waals surface area contributed by atoms with Gasteiger partial charge in [-0.2, -0.15) is 0 Å². The van der Waals surface area contributed by atoms with E-state index < -0.39 is 0 Å². The lowest BCUT2D eigenvalue weighted by molar-refractivity contribution is -0.142. The fourth-order valence-electron chi connectivity index (χ4n) is 2.60. The second kappa shape index (κ2) is 4.26. The van der Waals surface area contributed by atoms with Crippen molar-refractivity contribution in [3.63, 3.8) is 0 Å². The average Bonchev–Trinajstić information content (AvgIpc) is 3.13. The van der Waals surface area contributed by atoms with Gasteiger partial charge in [-0.3, -0.25) is 14.5 Å². The summed E-state index contributed by atoms with van der Waals surface area (Å²) in [5.41, 5.74) is 7.14. The number of nitrogens with two attached hydrogens (primary N) is 1. The third kappa shape index (κ3) is 1.95. The van der Waals surface area contributed by atoms with Crippen molar-refractivity contribution in [2.24, 2.45) is 11.8 Å². The van der Waals surface area contributed by atoms with Crippen LogP contribution in [0.2, 0.25) is 0 Å². The largest absolute Gasteiger partial charge is 0.494 e. The van der Waals surface area contributed by atoms with Gasteiger partial charge in [-0.25, -0.2) is 0 Å². The van der Waals surface area contributed by atoms with E-state index in [1.807, 2.05) is 6.92 Å². The molecule has 5 heteroatoms. The number of carbonyl (C=O) groups is 2. The van der Waals surface area contributed by atoms with E-state index in [0.29, 0.717) is 18.0 Å². The highest BCUT2D eigenvalue weighted by Gasteiger charge is 2.58. The minimum atomic E-state index is -0.0656. The lowest BCUT2D eigenvalue weighted by Crippen LogP contribution is -2.32. The molecule has 2 N–H and O–H groups in total. The third-order valence-corrected chi connectivity index (χ3v) is 3.67. The van der Waals surface area contributed by atoms with E-state index in [-0.39, 0.29) is 30.2 Å². The minimum absolute atomic E-state index is 0.0557. The van der Waals surface area contributed by atoms with Gasteiger partial charge in [-0.1, -0.05) is 0 Å². The van der Waals surface area contributed by atoms with Gasteiger partial charge >= 0.3 is 0 Å². The van der Waals surface area contributed by atoms with E-state index in [1.165, 1.54) is 4.90 Å². The Morgan fingerprint density at radius 1 is 1.32 bits per heavy atom. The summed E-state index contributed by atoms with van der Waals surface area (Å²) >= 11 is 0. The molecule has 2 unspecified atom stereocenters. The Morgan fingerprint density at radius 3 is 2.63 bits per heavy atom. The predicted octanol–water partition coefficient (Wildman–Crippen LogP) is 1.17. The van der Waals surface area contributed by atoms with Crippen LogP contribution < -0.4 is 10.5 Å². The van der Waals surface area contributed by atoms with Gasteiger partial charge in [-0.05, 0) is 31.5 Å². The van der Waals surface area contributed by atoms with Crippen molar-refractivity contribution in [1.82, 2.24) is 4.90 Å². The van der Waals surface area contributed by atoms with Gasteiger partial charge in [0.1, 0.15) is 5.75 Å². The van der Waals surface area contributed by atoms with Crippen LogP contribution in [0.25, 0.3) is 0 Å². The number of hydrogen-bond donors (Lipinski definition) is 1. The Hall–Kier alpha value is -2.04. The first-order valence-corrected chi connectivity index (χ1v) is 6.48. The van der Waals surface area contributed by atoms with Gasteiger partial charge in [-0.15, -0.1) is 0 Å². The van der Waals surface area contributed by atoms with E-state index in [0.717, 1.165) is 12.0 Å². The molecule has 0 aromatic heterocycles. The molecule has 1 aliphatic carbocycles. The summed E-state index contributed by atoms with van der Waals surface area (Å²) < 4.78 is 5.51. The number of ether oxygens (including phenoxy) is 1. The summed E-state index contributed by atoms with van der Waals surface area (Å²) in [6, 6.07) is 5.29. The molecule has 0 bridgehead atoms. The zero-order valence-electron chi connectivity index (χ0n) is 10.8. The van der Waals surface area contributed by atoms with Crippen LogP contribution in [-0.2, 0) is 16.1 Å². The van der Waals surface area contributed by atoms with Crippen LogP contribution in [0.4, 0.5) is 5.69 Å². The predicted molar refractivity (Wildman–Crippen MR) is 69.2 cm³/mol. The first-order valence-electron chi connectivity index (χ1n) is 6.48. The third-order valence-electron chi connectivity index (χ3n) is 3.67. The highest BCUT2D eigenvalue weighted by molar-refractivity contribution is 6.08. The van der Waals surface area contributed by atoms with Crippen molar-refractivity contribution in [2.75, 3.05) is 12.3 Å². The Kier molecular flexibility index (Phi) is 2.69. The smallest absolute Gasteiger partial charge is 0.233 e. The molecule has 1 aromatic carbocycles. The molecule has 100 valence electrons. The molecule has 5 nitrogen and oxygen atoms in total. The number of nitrogen functional groups attached to an aromatic ring is 1. The van der Waals surface area contributed by atoms with Crippen molar-refractivity contribution in [3.8, 4) is 5.75 Å². The van der Waals surface area contributed by atoms with Crippen LogP contribution in [0.5, 0.6) is 5.75 Å². The van der Waals surface area contributed by atoms with Crippen molar-refractivity contribution in [2.45, 2.75) is 19.9 Å². The zero-order valence-corrected chi connectivity index (χ0v) is 10.8. The Morgan fingerprint density at radius 2 is 2.00 bits per heavy atom. The molecule has 1 saturated heterocycles. The van der Waals surface area contributed by atoms with Crippen molar-refractivity contribution < 1.29 is 14.3 Å². The van der Waals surface area contributed by atoms with Crippen LogP contribution in [0, 0.1) is 11.8 Å². The molecule has 1 aromatic rings. The number of benzene rings is 1. The highest BCUT2D eigenvalue weighted by Crippen LogP contribution is 2.47. The Labute approximate surface area is 111 Å². The van der Waals surface area contributed by atoms with Crippen LogP contribution >= 0.6 is 0 Å². The summed E-state index contributed by atoms with van der Waals surface area (Å²) in [6.07, 6.45) is 0.726. The fourth-order valence-corrected chi connectivity index (χ4v) is 2.60. The Bertz CT molecular complexity index is 536. The molecule has 2 aliphatic rings. The van der Waals surface area contributed by atoms with Gasteiger partial charge in [0, 0.05) is 11.3 Å². The van der Waals surface area contributed by atoms with E-state index >= 15 is 0 Å². The van der Waals surface area contributed by atoms with Crippen LogP contribution in [0.15, 0.2) is 18.2 Å². The van der Waals surface area contributed by atoms with Crippen LogP contribution in [-0.4, -0.2) is 23.3 Å². The Balaban J connectivity index is 1.84. The molecule has 1 heterocycles.